The number of hydrogen-bond donors (Lipinski definition) is 0. The molecule has 558 valence electrons. The van der Waals surface area contributed by atoms with E-state index in [0.29, 0.717) is 65.4 Å². The second-order valence-corrected chi connectivity index (χ2v) is 31.4. The summed E-state index contributed by atoms with van der Waals surface area (Å²) in [4.78, 5) is 71.5. The molecule has 17 aromatic carbocycles. The fraction of sp³-hybridized carbons (Fsp3) is 0.0192. The maximum atomic E-state index is 13.6. The third kappa shape index (κ3) is 8.31. The Balaban J connectivity index is 0.0000000966. The third-order valence-electron chi connectivity index (χ3n) is 25.5. The lowest BCUT2D eigenvalue weighted by molar-refractivity contribution is 0.480. The number of aromatic nitrogens is 6. The average molecular weight is 1550 g/mol. The van der Waals surface area contributed by atoms with Gasteiger partial charge in [-0.15, -0.1) is 0 Å². The van der Waals surface area contributed by atoms with Gasteiger partial charge in [-0.2, -0.15) is 0 Å². The Kier molecular flexibility index (Phi) is 12.5. The van der Waals surface area contributed by atoms with Crippen molar-refractivity contribution < 1.29 is 27.8 Å². The topological polar surface area (TPSA) is 193 Å². The van der Waals surface area contributed by atoms with Crippen LogP contribution in [0.2, 0.25) is 0 Å². The first kappa shape index (κ1) is 64.9. The van der Waals surface area contributed by atoms with Gasteiger partial charge in [0.15, 0.2) is 11.5 Å². The van der Waals surface area contributed by atoms with Gasteiger partial charge in [-0.1, -0.05) is 133 Å². The van der Waals surface area contributed by atoms with Crippen LogP contribution in [0.4, 0.5) is 0 Å². The smallest absolute Gasteiger partial charge is 0.261 e. The molecule has 0 bridgehead atoms. The van der Waals surface area contributed by atoms with E-state index in [-0.39, 0.29) is 22.2 Å². The molecule has 120 heavy (non-hydrogen) atoms. The summed E-state index contributed by atoms with van der Waals surface area (Å²) >= 11 is 0. The van der Waals surface area contributed by atoms with Crippen molar-refractivity contribution in [2.75, 3.05) is 0 Å². The van der Waals surface area contributed by atoms with Crippen molar-refractivity contribution in [3.63, 3.8) is 0 Å². The molecule has 16 nitrogen and oxygen atoms in total. The fourth-order valence-corrected chi connectivity index (χ4v) is 20.4. The summed E-state index contributed by atoms with van der Waals surface area (Å²) in [5.41, 5.74) is 11.7. The summed E-state index contributed by atoms with van der Waals surface area (Å²) in [6.07, 6.45) is 11.1. The molecule has 0 unspecified atom stereocenters. The summed E-state index contributed by atoms with van der Waals surface area (Å²) in [6.45, 7) is 0. The lowest BCUT2D eigenvalue weighted by atomic mass is 9.82. The van der Waals surface area contributed by atoms with Crippen LogP contribution in [0.15, 0.2) is 308 Å². The van der Waals surface area contributed by atoms with E-state index in [9.17, 15) is 19.2 Å². The van der Waals surface area contributed by atoms with Crippen molar-refractivity contribution in [1.82, 2.24) is 29.1 Å². The van der Waals surface area contributed by atoms with E-state index in [1.54, 1.807) is 12.1 Å². The van der Waals surface area contributed by atoms with E-state index in [1.165, 1.54) is 57.9 Å². The fourth-order valence-electron chi connectivity index (χ4n) is 20.4. The molecule has 0 saturated heterocycles. The molecule has 0 saturated carbocycles. The van der Waals surface area contributed by atoms with E-state index < -0.39 is 0 Å². The van der Waals surface area contributed by atoms with E-state index in [1.807, 2.05) is 146 Å². The third-order valence-corrected chi connectivity index (χ3v) is 25.5. The molecule has 0 radical (unpaired) electrons. The van der Waals surface area contributed by atoms with Crippen molar-refractivity contribution >= 4 is 195 Å². The molecule has 0 N–H and O–H groups in total. The lowest BCUT2D eigenvalue weighted by Gasteiger charge is -2.30. The number of hydrogen-bond acceptors (Lipinski definition) is 14. The molecule has 0 spiro atoms. The lowest BCUT2D eigenvalue weighted by Crippen LogP contribution is -2.30. The molecule has 12 heterocycles. The van der Waals surface area contributed by atoms with Gasteiger partial charge in [-0.05, 0) is 142 Å². The van der Waals surface area contributed by atoms with Crippen LogP contribution in [0.5, 0.6) is 46.0 Å². The normalized spacial score (nSPS) is 12.8. The van der Waals surface area contributed by atoms with Crippen LogP contribution in [-0.4, -0.2) is 29.1 Å². The Morgan fingerprint density at radius 2 is 0.592 bits per heavy atom. The highest BCUT2D eigenvalue weighted by Gasteiger charge is 2.36. The molecule has 4 aliphatic heterocycles. The summed E-state index contributed by atoms with van der Waals surface area (Å²) in [7, 11) is 3.01. The SMILES string of the molecule is Cn1c(=O)c2cccc3c4oc5ccc6oc7c8cccc9c(=O)n(C)c(=O)c(cc7c7c%10ccccc%10c(c4cc(c1=O)c23)c5c67)c98.c1ccc2c3c4c(ccc5c4c(c2c1)-c1ccc2cnccc2c1O5)Oc1c-3ccc2cnccc12.c1cnc2c3c(ccc2c1)-c1c2ccccc2c2c4c(ccc(c14)O3)Oc1c-2ccc2cccnc12. The molecule has 25 aromatic rings. The molecule has 0 atom stereocenters. The highest BCUT2D eigenvalue weighted by atomic mass is 16.5. The predicted octanol–water partition coefficient (Wildman–Crippen LogP) is 24.7. The molecule has 0 fully saturated rings. The van der Waals surface area contributed by atoms with E-state index in [0.717, 1.165) is 185 Å². The second-order valence-electron chi connectivity index (χ2n) is 31.4. The van der Waals surface area contributed by atoms with E-state index in [4.69, 9.17) is 27.8 Å². The van der Waals surface area contributed by atoms with Gasteiger partial charge in [-0.25, -0.2) is 0 Å². The maximum Gasteiger partial charge on any atom is 0.261 e. The van der Waals surface area contributed by atoms with Crippen LogP contribution >= 0.6 is 0 Å². The van der Waals surface area contributed by atoms with Crippen molar-refractivity contribution in [2.24, 2.45) is 14.1 Å². The van der Waals surface area contributed by atoms with Crippen LogP contribution in [0, 0.1) is 0 Å². The van der Waals surface area contributed by atoms with Crippen LogP contribution in [0.3, 0.4) is 0 Å². The second kappa shape index (κ2) is 23.2. The molecule has 8 aromatic heterocycles. The minimum Gasteiger partial charge on any atom is -0.455 e. The molecule has 4 aliphatic rings. The van der Waals surface area contributed by atoms with Gasteiger partial charge in [0.1, 0.15) is 67.9 Å². The number of benzene rings is 17. The van der Waals surface area contributed by atoms with Gasteiger partial charge < -0.3 is 27.8 Å². The van der Waals surface area contributed by atoms with Crippen LogP contribution in [0.25, 0.3) is 239 Å². The number of rotatable bonds is 0. The average Bonchev–Trinajstić information content (AvgIpc) is 0.677. The van der Waals surface area contributed by atoms with E-state index in [2.05, 4.69) is 141 Å². The zero-order valence-electron chi connectivity index (χ0n) is 63.3. The van der Waals surface area contributed by atoms with Gasteiger partial charge >= 0.3 is 0 Å². The monoisotopic (exact) mass is 1540 g/mol. The standard InChI is InChI=1S/C40H20N2O6.2C32H16N2O2/c1-41-37(43)21-11-5-9-19-29(21)25(39(41)45)15-23-31-17-7-3-4-8-18(17)32-24-16-26-30-20(10-6-12-22(30)38(44)42(2)40(26)46)36(24)48-28-14-13-27(47-35(19)23)33(31)34(28)32;1-2-8-20-19(7-1)25-21-11-9-17-5-3-15-33-29(17)31(21)35-23-13-14-24-28(27(23)25)26(20)22-12-10-18-6-4-16-34-30(18)32(22)36-24;1-2-4-22-21(3-1)27-23-7-5-17-15-33-13-11-19(17)31(23)35-25-9-10-26-30(29(25)27)28(22)24-8-6-18-16-34-14-12-20(18)32(24)36-26/h3-16H,1-2H3;2*1-16H. The molecule has 0 aliphatic carbocycles. The highest BCUT2D eigenvalue weighted by Crippen LogP contribution is 2.63. The zero-order chi connectivity index (χ0) is 79.1. The maximum absolute atomic E-state index is 13.6. The van der Waals surface area contributed by atoms with Crippen LogP contribution in [-0.2, 0) is 14.1 Å². The van der Waals surface area contributed by atoms with Gasteiger partial charge in [0, 0.05) is 225 Å². The minimum absolute atomic E-state index is 0.346. The molecule has 0 amide bonds. The van der Waals surface area contributed by atoms with Crippen molar-refractivity contribution in [3.05, 3.63) is 321 Å². The van der Waals surface area contributed by atoms with Crippen LogP contribution in [0.1, 0.15) is 0 Å². The van der Waals surface area contributed by atoms with Gasteiger partial charge in [0.25, 0.3) is 22.2 Å². The first-order chi connectivity index (χ1) is 59.1. The Hall–Kier alpha value is -16.5. The Labute approximate surface area is 673 Å². The van der Waals surface area contributed by atoms with Gasteiger partial charge in [0.2, 0.25) is 0 Å². The molecule has 16 heteroatoms. The van der Waals surface area contributed by atoms with Crippen molar-refractivity contribution in [3.8, 4) is 90.5 Å². The minimum atomic E-state index is -0.366. The number of pyridine rings is 6. The van der Waals surface area contributed by atoms with Crippen molar-refractivity contribution in [2.45, 2.75) is 0 Å². The quantitative estimate of drug-likeness (QED) is 0.103. The Morgan fingerprint density at radius 1 is 0.250 bits per heavy atom. The van der Waals surface area contributed by atoms with E-state index >= 15 is 0 Å². The summed E-state index contributed by atoms with van der Waals surface area (Å²) in [5.74, 6) is 6.73. The zero-order valence-corrected chi connectivity index (χ0v) is 63.3. The molecular formula is C104H52N6O10. The Morgan fingerprint density at radius 3 is 0.992 bits per heavy atom. The molecular weight excluding hydrogens is 1490 g/mol. The number of fused-ring (bicyclic) bond motifs is 31. The highest BCUT2D eigenvalue weighted by molar-refractivity contribution is 6.43. The van der Waals surface area contributed by atoms with Gasteiger partial charge in [0.05, 0.1) is 0 Å². The molecule has 29 rings (SSSR count). The number of nitrogens with zero attached hydrogens (tertiary/aromatic N) is 6. The van der Waals surface area contributed by atoms with Crippen LogP contribution < -0.4 is 41.2 Å². The summed E-state index contributed by atoms with van der Waals surface area (Å²) < 4.78 is 42.4. The first-order valence-electron chi connectivity index (χ1n) is 39.5. The summed E-state index contributed by atoms with van der Waals surface area (Å²) in [6, 6.07) is 81.2. The number of ether oxygens (including phenoxy) is 4. The predicted molar refractivity (Wildman–Crippen MR) is 478 cm³/mol. The largest absolute Gasteiger partial charge is 0.455 e. The summed E-state index contributed by atoms with van der Waals surface area (Å²) in [5, 5.41) is 26.7. The first-order valence-corrected chi connectivity index (χ1v) is 39.5. The van der Waals surface area contributed by atoms with Crippen molar-refractivity contribution in [1.29, 1.82) is 0 Å². The Bertz CT molecular complexity index is 8630. The van der Waals surface area contributed by atoms with Gasteiger partial charge in [-0.3, -0.25) is 48.2 Å².